The second kappa shape index (κ2) is 9.73. The van der Waals surface area contributed by atoms with Gasteiger partial charge in [0.1, 0.15) is 17.2 Å². The molecule has 1 aliphatic heterocycles. The van der Waals surface area contributed by atoms with Crippen LogP contribution in [-0.2, 0) is 27.2 Å². The van der Waals surface area contributed by atoms with Crippen LogP contribution in [0.1, 0.15) is 40.8 Å². The predicted octanol–water partition coefficient (Wildman–Crippen LogP) is 3.69. The molecule has 0 spiro atoms. The molecule has 3 heterocycles. The molecule has 1 saturated heterocycles. The van der Waals surface area contributed by atoms with Gasteiger partial charge in [0.15, 0.2) is 0 Å². The van der Waals surface area contributed by atoms with E-state index < -0.39 is 6.09 Å². The molecule has 4 rings (SSSR count). The van der Waals surface area contributed by atoms with Crippen LogP contribution in [0.25, 0.3) is 6.08 Å². The van der Waals surface area contributed by atoms with Crippen molar-refractivity contribution in [2.75, 3.05) is 18.5 Å². The van der Waals surface area contributed by atoms with Crippen molar-refractivity contribution in [1.29, 1.82) is 5.26 Å². The van der Waals surface area contributed by atoms with E-state index in [4.69, 9.17) is 9.57 Å². The molecule has 2 aliphatic rings. The minimum atomic E-state index is -0.459. The second-order valence-electron chi connectivity index (χ2n) is 7.32. The largest absolute Gasteiger partial charge is 0.444 e. The van der Waals surface area contributed by atoms with E-state index in [1.165, 1.54) is 22.5 Å². The van der Waals surface area contributed by atoms with Crippen molar-refractivity contribution in [1.82, 2.24) is 10.0 Å². The molecule has 2 aromatic heterocycles. The number of ether oxygens (including phenoxy) is 1. The van der Waals surface area contributed by atoms with Crippen LogP contribution < -0.4 is 5.32 Å². The summed E-state index contributed by atoms with van der Waals surface area (Å²) in [5.74, 6) is -0.316. The molecule has 1 aliphatic carbocycles. The highest BCUT2D eigenvalue weighted by Crippen LogP contribution is 2.38. The summed E-state index contributed by atoms with van der Waals surface area (Å²) in [6.07, 6.45) is 9.29. The van der Waals surface area contributed by atoms with Gasteiger partial charge in [-0.15, -0.1) is 11.3 Å². The quantitative estimate of drug-likeness (QED) is 0.730. The summed E-state index contributed by atoms with van der Waals surface area (Å²) in [5.41, 5.74) is 2.24. The van der Waals surface area contributed by atoms with E-state index in [-0.39, 0.29) is 12.0 Å². The Hall–Kier alpha value is -3.22. The van der Waals surface area contributed by atoms with E-state index in [0.717, 1.165) is 28.8 Å². The normalized spacial score (nSPS) is 18.3. The standard InChI is InChI=1S/C22H22N4O4S/c23-13-18-17-7-6-16(30-22(28)26-10-1-2-11-29-26)12-19(17)31-21(18)25-20(27)8-5-15-4-3-9-24-14-15/h3-5,8-9,14,16H,1-2,6-7,10-12H2,(H,25,27). The predicted molar refractivity (Wildman–Crippen MR) is 115 cm³/mol. The van der Waals surface area contributed by atoms with Gasteiger partial charge in [-0.2, -0.15) is 10.3 Å². The average Bonchev–Trinajstić information content (AvgIpc) is 3.15. The van der Waals surface area contributed by atoms with Gasteiger partial charge in [0, 0.05) is 29.8 Å². The van der Waals surface area contributed by atoms with Gasteiger partial charge >= 0.3 is 6.09 Å². The molecule has 0 radical (unpaired) electrons. The minimum Gasteiger partial charge on any atom is -0.444 e. The minimum absolute atomic E-state index is 0.273. The first-order valence-electron chi connectivity index (χ1n) is 10.2. The maximum atomic E-state index is 12.3. The number of carbonyl (C=O) groups is 2. The van der Waals surface area contributed by atoms with Crippen molar-refractivity contribution >= 4 is 34.4 Å². The van der Waals surface area contributed by atoms with Crippen LogP contribution in [-0.4, -0.2) is 41.3 Å². The summed E-state index contributed by atoms with van der Waals surface area (Å²) in [6, 6.07) is 5.85. The number of amides is 2. The Kier molecular flexibility index (Phi) is 6.60. The number of thiophene rings is 1. The molecule has 1 N–H and O–H groups in total. The Morgan fingerprint density at radius 2 is 2.32 bits per heavy atom. The fraction of sp³-hybridized carbons (Fsp3) is 0.364. The van der Waals surface area contributed by atoms with Gasteiger partial charge in [-0.3, -0.25) is 14.6 Å². The van der Waals surface area contributed by atoms with Crippen LogP contribution >= 0.6 is 11.3 Å². The van der Waals surface area contributed by atoms with E-state index in [9.17, 15) is 14.9 Å². The molecule has 1 unspecified atom stereocenters. The number of fused-ring (bicyclic) bond motifs is 1. The first-order valence-corrected chi connectivity index (χ1v) is 11.0. The van der Waals surface area contributed by atoms with E-state index in [1.807, 2.05) is 6.07 Å². The lowest BCUT2D eigenvalue weighted by molar-refractivity contribution is -0.161. The number of pyridine rings is 1. The van der Waals surface area contributed by atoms with Crippen molar-refractivity contribution in [2.45, 2.75) is 38.2 Å². The van der Waals surface area contributed by atoms with Crippen molar-refractivity contribution in [2.24, 2.45) is 0 Å². The Morgan fingerprint density at radius 3 is 3.06 bits per heavy atom. The SMILES string of the molecule is N#Cc1c(NC(=O)C=Cc2cccnc2)sc2c1CCC(OC(=O)N1CCCCO1)C2. The third-order valence-electron chi connectivity index (χ3n) is 5.15. The van der Waals surface area contributed by atoms with Gasteiger partial charge in [-0.25, -0.2) is 4.79 Å². The lowest BCUT2D eigenvalue weighted by atomic mass is 9.94. The van der Waals surface area contributed by atoms with Gasteiger partial charge in [0.2, 0.25) is 5.91 Å². The van der Waals surface area contributed by atoms with Crippen LogP contribution in [0.2, 0.25) is 0 Å². The average molecular weight is 439 g/mol. The van der Waals surface area contributed by atoms with Gasteiger partial charge in [-0.05, 0) is 49.0 Å². The number of anilines is 1. The van der Waals surface area contributed by atoms with Crippen molar-refractivity contribution in [3.05, 3.63) is 52.2 Å². The molecular weight excluding hydrogens is 416 g/mol. The van der Waals surface area contributed by atoms with E-state index in [0.29, 0.717) is 43.0 Å². The van der Waals surface area contributed by atoms with E-state index >= 15 is 0 Å². The highest BCUT2D eigenvalue weighted by atomic mass is 32.1. The zero-order chi connectivity index (χ0) is 21.6. The third kappa shape index (κ3) is 5.10. The third-order valence-corrected chi connectivity index (χ3v) is 6.32. The van der Waals surface area contributed by atoms with Crippen LogP contribution in [0.5, 0.6) is 0 Å². The summed E-state index contributed by atoms with van der Waals surface area (Å²) >= 11 is 1.37. The fourth-order valence-electron chi connectivity index (χ4n) is 3.60. The number of rotatable bonds is 4. The number of carbonyl (C=O) groups excluding carboxylic acids is 2. The number of hydrogen-bond acceptors (Lipinski definition) is 7. The molecule has 0 bridgehead atoms. The Balaban J connectivity index is 1.41. The molecule has 160 valence electrons. The molecule has 0 aromatic carbocycles. The number of nitriles is 1. The van der Waals surface area contributed by atoms with Gasteiger partial charge in [0.25, 0.3) is 0 Å². The van der Waals surface area contributed by atoms with Gasteiger partial charge in [-0.1, -0.05) is 6.07 Å². The lowest BCUT2D eigenvalue weighted by Crippen LogP contribution is -2.39. The highest BCUT2D eigenvalue weighted by Gasteiger charge is 2.30. The van der Waals surface area contributed by atoms with Gasteiger partial charge in [0.05, 0.1) is 18.7 Å². The van der Waals surface area contributed by atoms with Crippen LogP contribution in [0.3, 0.4) is 0 Å². The Morgan fingerprint density at radius 1 is 1.42 bits per heavy atom. The molecule has 1 atom stereocenters. The zero-order valence-electron chi connectivity index (χ0n) is 16.9. The molecule has 8 nitrogen and oxygen atoms in total. The number of nitrogens with zero attached hydrogens (tertiary/aromatic N) is 3. The molecule has 31 heavy (non-hydrogen) atoms. The molecule has 9 heteroatoms. The first-order chi connectivity index (χ1) is 15.1. The topological polar surface area (TPSA) is 105 Å². The zero-order valence-corrected chi connectivity index (χ0v) is 17.7. The monoisotopic (exact) mass is 438 g/mol. The summed E-state index contributed by atoms with van der Waals surface area (Å²) in [6.45, 7) is 1.07. The second-order valence-corrected chi connectivity index (χ2v) is 8.42. The molecule has 0 saturated carbocycles. The van der Waals surface area contributed by atoms with Crippen molar-refractivity contribution in [3.63, 3.8) is 0 Å². The van der Waals surface area contributed by atoms with E-state index in [1.54, 1.807) is 24.5 Å². The van der Waals surface area contributed by atoms with E-state index in [2.05, 4.69) is 16.4 Å². The lowest BCUT2D eigenvalue weighted by Gasteiger charge is -2.28. The maximum Gasteiger partial charge on any atom is 0.434 e. The number of aromatic nitrogens is 1. The Bertz CT molecular complexity index is 1020. The Labute approximate surface area is 184 Å². The highest BCUT2D eigenvalue weighted by molar-refractivity contribution is 7.16. The maximum absolute atomic E-state index is 12.3. The van der Waals surface area contributed by atoms with Crippen LogP contribution in [0.15, 0.2) is 30.6 Å². The summed E-state index contributed by atoms with van der Waals surface area (Å²) in [7, 11) is 0. The van der Waals surface area contributed by atoms with Crippen molar-refractivity contribution in [3.8, 4) is 6.07 Å². The fourth-order valence-corrected chi connectivity index (χ4v) is 4.87. The number of nitrogens with one attached hydrogen (secondary N) is 1. The smallest absolute Gasteiger partial charge is 0.434 e. The first kappa shape index (κ1) is 21.0. The van der Waals surface area contributed by atoms with Crippen LogP contribution in [0.4, 0.5) is 9.80 Å². The number of hydroxylamine groups is 2. The molecule has 2 amide bonds. The molecule has 2 aromatic rings. The number of hydrogen-bond donors (Lipinski definition) is 1. The summed E-state index contributed by atoms with van der Waals surface area (Å²) in [5, 5.41) is 14.3. The summed E-state index contributed by atoms with van der Waals surface area (Å²) in [4.78, 5) is 35.0. The van der Waals surface area contributed by atoms with Crippen molar-refractivity contribution < 1.29 is 19.2 Å². The van der Waals surface area contributed by atoms with Crippen LogP contribution in [0, 0.1) is 11.3 Å². The molecular formula is C22H22N4O4S. The van der Waals surface area contributed by atoms with Gasteiger partial charge < -0.3 is 10.1 Å². The molecule has 1 fully saturated rings. The summed E-state index contributed by atoms with van der Waals surface area (Å²) < 4.78 is 5.62.